The molecular formula is C14H21N5O. The second kappa shape index (κ2) is 6.00. The summed E-state index contributed by atoms with van der Waals surface area (Å²) in [6.07, 6.45) is 6.31. The molecule has 4 N–H and O–H groups in total. The van der Waals surface area contributed by atoms with E-state index in [0.29, 0.717) is 11.3 Å². The number of nitrogens with two attached hydrogens (primary N) is 1. The maximum Gasteiger partial charge on any atom is 0.222 e. The zero-order chi connectivity index (χ0) is 14.6. The van der Waals surface area contributed by atoms with E-state index in [9.17, 15) is 5.11 Å². The van der Waals surface area contributed by atoms with Gasteiger partial charge in [-0.05, 0) is 19.4 Å². The average molecular weight is 275 g/mol. The Labute approximate surface area is 118 Å². The van der Waals surface area contributed by atoms with Gasteiger partial charge in [0.25, 0.3) is 0 Å². The zero-order valence-corrected chi connectivity index (χ0v) is 11.9. The lowest BCUT2D eigenvalue weighted by Gasteiger charge is -2.29. The maximum absolute atomic E-state index is 9.67. The van der Waals surface area contributed by atoms with Crippen molar-refractivity contribution in [2.75, 3.05) is 17.7 Å². The van der Waals surface area contributed by atoms with Gasteiger partial charge in [-0.15, -0.1) is 0 Å². The van der Waals surface area contributed by atoms with Crippen LogP contribution in [0.25, 0.3) is 10.9 Å². The van der Waals surface area contributed by atoms with E-state index >= 15 is 0 Å². The van der Waals surface area contributed by atoms with Gasteiger partial charge in [0.2, 0.25) is 5.95 Å². The minimum Gasteiger partial charge on any atom is -0.394 e. The molecule has 0 bridgehead atoms. The number of aliphatic hydroxyl groups is 1. The van der Waals surface area contributed by atoms with Gasteiger partial charge in [-0.3, -0.25) is 4.98 Å². The number of hydrogen-bond acceptors (Lipinski definition) is 6. The molecule has 20 heavy (non-hydrogen) atoms. The van der Waals surface area contributed by atoms with E-state index in [-0.39, 0.29) is 12.6 Å². The van der Waals surface area contributed by atoms with Crippen LogP contribution in [0.2, 0.25) is 0 Å². The number of unbranched alkanes of at least 4 members (excludes halogenated alkanes) is 1. The van der Waals surface area contributed by atoms with Crippen LogP contribution in [0.5, 0.6) is 0 Å². The number of anilines is 2. The van der Waals surface area contributed by atoms with E-state index in [2.05, 4.69) is 27.2 Å². The largest absolute Gasteiger partial charge is 0.394 e. The quantitative estimate of drug-likeness (QED) is 0.745. The van der Waals surface area contributed by atoms with Crippen molar-refractivity contribution < 1.29 is 5.11 Å². The van der Waals surface area contributed by atoms with Gasteiger partial charge in [0.15, 0.2) is 0 Å². The molecule has 2 aromatic rings. The van der Waals surface area contributed by atoms with Gasteiger partial charge in [-0.2, -0.15) is 4.98 Å². The van der Waals surface area contributed by atoms with Crippen molar-refractivity contribution in [1.29, 1.82) is 0 Å². The molecule has 0 amide bonds. The highest BCUT2D eigenvalue weighted by atomic mass is 16.3. The van der Waals surface area contributed by atoms with Crippen LogP contribution in [-0.2, 0) is 0 Å². The van der Waals surface area contributed by atoms with Crippen LogP contribution in [-0.4, -0.2) is 32.2 Å². The van der Waals surface area contributed by atoms with Gasteiger partial charge in [-0.25, -0.2) is 4.98 Å². The van der Waals surface area contributed by atoms with Crippen molar-refractivity contribution in [1.82, 2.24) is 15.0 Å². The summed E-state index contributed by atoms with van der Waals surface area (Å²) in [6, 6.07) is 1.84. The van der Waals surface area contributed by atoms with Crippen LogP contribution in [0.3, 0.4) is 0 Å². The summed E-state index contributed by atoms with van der Waals surface area (Å²) in [5, 5.41) is 13.8. The van der Waals surface area contributed by atoms with Crippen molar-refractivity contribution in [3.63, 3.8) is 0 Å². The number of pyridine rings is 1. The highest BCUT2D eigenvalue weighted by molar-refractivity contribution is 5.89. The highest BCUT2D eigenvalue weighted by Gasteiger charge is 2.24. The Hall–Kier alpha value is -1.95. The van der Waals surface area contributed by atoms with Gasteiger partial charge in [0.05, 0.1) is 23.9 Å². The van der Waals surface area contributed by atoms with E-state index in [4.69, 9.17) is 5.73 Å². The lowest BCUT2D eigenvalue weighted by Crippen LogP contribution is -2.39. The Morgan fingerprint density at radius 1 is 1.40 bits per heavy atom. The van der Waals surface area contributed by atoms with E-state index in [1.807, 2.05) is 13.0 Å². The molecule has 0 saturated carbocycles. The number of nitrogen functional groups attached to an aromatic ring is 1. The molecule has 2 rings (SSSR count). The Morgan fingerprint density at radius 2 is 2.20 bits per heavy atom. The predicted molar refractivity (Wildman–Crippen MR) is 80.4 cm³/mol. The predicted octanol–water partition coefficient (Wildman–Crippen LogP) is 1.96. The lowest BCUT2D eigenvalue weighted by atomic mass is 9.95. The van der Waals surface area contributed by atoms with E-state index in [1.54, 1.807) is 12.4 Å². The second-order valence-electron chi connectivity index (χ2n) is 5.27. The number of aliphatic hydroxyl groups excluding tert-OH is 1. The van der Waals surface area contributed by atoms with E-state index < -0.39 is 5.54 Å². The number of fused-ring (bicyclic) bond motifs is 1. The molecule has 0 radical (unpaired) electrons. The van der Waals surface area contributed by atoms with Crippen LogP contribution >= 0.6 is 0 Å². The molecule has 0 saturated heterocycles. The minimum absolute atomic E-state index is 0.0312. The Morgan fingerprint density at radius 3 is 2.90 bits per heavy atom. The summed E-state index contributed by atoms with van der Waals surface area (Å²) < 4.78 is 0. The van der Waals surface area contributed by atoms with Gasteiger partial charge in [-0.1, -0.05) is 19.8 Å². The lowest BCUT2D eigenvalue weighted by molar-refractivity contribution is 0.212. The number of rotatable bonds is 6. The molecular weight excluding hydrogens is 254 g/mol. The van der Waals surface area contributed by atoms with Gasteiger partial charge in [0.1, 0.15) is 5.82 Å². The number of nitrogens with one attached hydrogen (secondary N) is 1. The molecule has 1 atom stereocenters. The minimum atomic E-state index is -0.424. The molecule has 0 fully saturated rings. The summed E-state index contributed by atoms with van der Waals surface area (Å²) in [6.45, 7) is 4.14. The maximum atomic E-state index is 9.67. The summed E-state index contributed by atoms with van der Waals surface area (Å²) >= 11 is 0. The Kier molecular flexibility index (Phi) is 4.34. The van der Waals surface area contributed by atoms with Crippen molar-refractivity contribution in [2.24, 2.45) is 0 Å². The molecule has 0 aliphatic heterocycles. The topological polar surface area (TPSA) is 97.0 Å². The fourth-order valence-corrected chi connectivity index (χ4v) is 2.13. The van der Waals surface area contributed by atoms with Crippen molar-refractivity contribution in [3.05, 3.63) is 18.5 Å². The van der Waals surface area contributed by atoms with Gasteiger partial charge in [0, 0.05) is 11.6 Å². The number of hydrogen-bond donors (Lipinski definition) is 3. The van der Waals surface area contributed by atoms with Crippen molar-refractivity contribution in [2.45, 2.75) is 38.6 Å². The number of aromatic nitrogens is 3. The Bertz CT molecular complexity index is 589. The molecule has 0 aromatic carbocycles. The first-order valence-electron chi connectivity index (χ1n) is 6.84. The molecule has 2 heterocycles. The fourth-order valence-electron chi connectivity index (χ4n) is 2.13. The summed E-state index contributed by atoms with van der Waals surface area (Å²) in [5.41, 5.74) is 6.00. The molecule has 0 aliphatic carbocycles. The summed E-state index contributed by atoms with van der Waals surface area (Å²) in [5.74, 6) is 0.839. The standard InChI is InChI=1S/C14H21N5O/c1-3-4-6-14(2,9-20)19-12-10-5-7-16-8-11(10)17-13(15)18-12/h5,7-8,20H,3-4,6,9H2,1-2H3,(H3,15,17,18,19)/t14-/m0/s1. The smallest absolute Gasteiger partial charge is 0.222 e. The molecule has 108 valence electrons. The third-order valence-corrected chi connectivity index (χ3v) is 3.37. The third-order valence-electron chi connectivity index (χ3n) is 3.37. The van der Waals surface area contributed by atoms with Crippen molar-refractivity contribution >= 4 is 22.7 Å². The normalized spacial score (nSPS) is 14.2. The van der Waals surface area contributed by atoms with Crippen LogP contribution in [0.15, 0.2) is 18.5 Å². The first kappa shape index (κ1) is 14.5. The number of nitrogens with zero attached hydrogens (tertiary/aromatic N) is 3. The van der Waals surface area contributed by atoms with Gasteiger partial charge < -0.3 is 16.2 Å². The van der Waals surface area contributed by atoms with Crippen LogP contribution in [0.1, 0.15) is 33.1 Å². The van der Waals surface area contributed by atoms with Crippen LogP contribution in [0.4, 0.5) is 11.8 Å². The molecule has 0 aliphatic rings. The summed E-state index contributed by atoms with van der Waals surface area (Å²) in [4.78, 5) is 12.5. The SMILES string of the molecule is CCCC[C@@](C)(CO)Nc1nc(N)nc2cnccc12. The average Bonchev–Trinajstić information content (AvgIpc) is 2.45. The second-order valence-corrected chi connectivity index (χ2v) is 5.27. The van der Waals surface area contributed by atoms with E-state index in [0.717, 1.165) is 24.6 Å². The first-order chi connectivity index (χ1) is 9.58. The van der Waals surface area contributed by atoms with Crippen molar-refractivity contribution in [3.8, 4) is 0 Å². The first-order valence-corrected chi connectivity index (χ1v) is 6.84. The molecule has 6 heteroatoms. The van der Waals surface area contributed by atoms with E-state index in [1.165, 1.54) is 0 Å². The summed E-state index contributed by atoms with van der Waals surface area (Å²) in [7, 11) is 0. The van der Waals surface area contributed by atoms with Crippen LogP contribution in [0, 0.1) is 0 Å². The zero-order valence-electron chi connectivity index (χ0n) is 11.9. The molecule has 0 unspecified atom stereocenters. The fraction of sp³-hybridized carbons (Fsp3) is 0.500. The highest BCUT2D eigenvalue weighted by Crippen LogP contribution is 2.25. The third kappa shape index (κ3) is 3.14. The Balaban J connectivity index is 2.36. The molecule has 6 nitrogen and oxygen atoms in total. The molecule has 0 spiro atoms. The van der Waals surface area contributed by atoms with Crippen LogP contribution < -0.4 is 11.1 Å². The molecule has 2 aromatic heterocycles. The monoisotopic (exact) mass is 275 g/mol. The van der Waals surface area contributed by atoms with Gasteiger partial charge >= 0.3 is 0 Å².